The normalized spacial score (nSPS) is 18.4. The summed E-state index contributed by atoms with van der Waals surface area (Å²) < 4.78 is 9.47. The van der Waals surface area contributed by atoms with E-state index in [1.54, 1.807) is 19.9 Å². The number of ether oxygens (including phenoxy) is 2. The third-order valence-electron chi connectivity index (χ3n) is 9.98. The van der Waals surface area contributed by atoms with Crippen LogP contribution in [0.5, 0.6) is 0 Å². The van der Waals surface area contributed by atoms with Crippen molar-refractivity contribution in [2.45, 2.75) is 150 Å². The quantitative estimate of drug-likeness (QED) is 0.120. The van der Waals surface area contributed by atoms with E-state index in [0.717, 1.165) is 87.3 Å². The fourth-order valence-electron chi connectivity index (χ4n) is 6.63. The Morgan fingerprint density at radius 3 is 1.58 bits per heavy atom. The largest absolute Gasteiger partial charge is 0.466 e. The Bertz CT molecular complexity index is 1420. The number of aryl methyl sites for hydroxylation is 1. The van der Waals surface area contributed by atoms with Crippen LogP contribution in [0.15, 0.2) is 40.2 Å². The van der Waals surface area contributed by atoms with Crippen molar-refractivity contribution in [1.82, 2.24) is 4.73 Å². The van der Waals surface area contributed by atoms with Crippen LogP contribution in [0, 0.1) is 17.8 Å². The molecule has 0 spiro atoms. The number of carbonyl (C=O) groups is 4. The maximum atomic E-state index is 12.2. The van der Waals surface area contributed by atoms with Gasteiger partial charge in [0.25, 0.3) is 5.56 Å². The molecule has 12 heteroatoms. The molecule has 296 valence electrons. The molecule has 0 aromatic carbocycles. The molecule has 0 bridgehead atoms. The van der Waals surface area contributed by atoms with Gasteiger partial charge >= 0.3 is 11.9 Å². The lowest BCUT2D eigenvalue weighted by molar-refractivity contribution is -0.135. The Morgan fingerprint density at radius 1 is 0.769 bits per heavy atom. The summed E-state index contributed by atoms with van der Waals surface area (Å²) in [5.41, 5.74) is 0.947. The summed E-state index contributed by atoms with van der Waals surface area (Å²) in [5, 5.41) is 20.0. The maximum absolute atomic E-state index is 12.2. The summed E-state index contributed by atoms with van der Waals surface area (Å²) in [7, 11) is 2.71. The van der Waals surface area contributed by atoms with Gasteiger partial charge in [0.2, 0.25) is 5.24 Å². The highest BCUT2D eigenvalue weighted by Crippen LogP contribution is 2.39. The monoisotopic (exact) mass is 771 g/mol. The zero-order valence-corrected chi connectivity index (χ0v) is 34.2. The van der Waals surface area contributed by atoms with Gasteiger partial charge in [0.1, 0.15) is 11.4 Å². The standard InChI is InChI=1S/C14H22O3.C12H17NO3.C8H13ClO.C6H10O2.ClH/c1-11(10-13(16)17-3)9-12(15)14(2)7-5-4-6-8-14;1-9-7-10(13(16)11(14)8-9)12(15)5-3-2-4-6-12;1-8(7(9)10)5-3-2-4-6-8;1-5(2)4-6(7)8-3;/h10H,4-9H2,1-3H3;7-8,15-16H,2-6H2,1H3;2-6H2,1H3;4H,1-3H3;1H/b11-10+;;;;. The highest BCUT2D eigenvalue weighted by atomic mass is 35.5. The number of aliphatic hydroxyl groups is 1. The molecule has 0 radical (unpaired) electrons. The topological polar surface area (TPSA) is 149 Å². The SMILES string of the molecule is CC1(C(=O)Cl)CCCCC1.COC(=O)/C=C(\C)CC(=O)C1(C)CCCCC1.COC(=O)C=C(C)C.Cc1cc(C2(O)CCCCC2)n(O)c(=O)c1.Cl. The van der Waals surface area contributed by atoms with Gasteiger partial charge in [0, 0.05) is 35.5 Å². The van der Waals surface area contributed by atoms with Crippen LogP contribution in [0.1, 0.15) is 149 Å². The van der Waals surface area contributed by atoms with Crippen molar-refractivity contribution in [2.24, 2.45) is 10.8 Å². The average molecular weight is 773 g/mol. The summed E-state index contributed by atoms with van der Waals surface area (Å²) in [6, 6.07) is 3.04. The summed E-state index contributed by atoms with van der Waals surface area (Å²) in [5.74, 6) is -0.413. The zero-order valence-electron chi connectivity index (χ0n) is 32.6. The Balaban J connectivity index is 0.000000691. The molecule has 0 aliphatic heterocycles. The van der Waals surface area contributed by atoms with E-state index < -0.39 is 11.2 Å². The maximum Gasteiger partial charge on any atom is 0.330 e. The second kappa shape index (κ2) is 23.7. The smallest absolute Gasteiger partial charge is 0.330 e. The number of allylic oxidation sites excluding steroid dienone is 2. The van der Waals surface area contributed by atoms with Crippen molar-refractivity contribution in [3.05, 3.63) is 57.0 Å². The minimum absolute atomic E-state index is 0. The number of ketones is 1. The van der Waals surface area contributed by atoms with E-state index in [0.29, 0.717) is 29.7 Å². The molecule has 0 unspecified atom stereocenters. The Morgan fingerprint density at radius 2 is 1.19 bits per heavy atom. The molecule has 1 aromatic rings. The number of hydrogen-bond donors (Lipinski definition) is 2. The number of rotatable bonds is 7. The second-order valence-electron chi connectivity index (χ2n) is 15.0. The van der Waals surface area contributed by atoms with Crippen molar-refractivity contribution < 1.29 is 39.0 Å². The van der Waals surface area contributed by atoms with Gasteiger partial charge in [-0.1, -0.05) is 82.8 Å². The molecule has 4 rings (SSSR count). The highest BCUT2D eigenvalue weighted by Gasteiger charge is 2.35. The van der Waals surface area contributed by atoms with Crippen molar-refractivity contribution in [2.75, 3.05) is 14.2 Å². The van der Waals surface area contributed by atoms with Gasteiger partial charge in [-0.05, 0) is 89.5 Å². The fraction of sp³-hybridized carbons (Fsp3) is 0.675. The molecule has 0 saturated heterocycles. The fourth-order valence-corrected chi connectivity index (χ4v) is 6.82. The molecule has 52 heavy (non-hydrogen) atoms. The molecule has 3 aliphatic rings. The predicted molar refractivity (Wildman–Crippen MR) is 207 cm³/mol. The zero-order chi connectivity index (χ0) is 38.8. The molecule has 1 aromatic heterocycles. The molecule has 10 nitrogen and oxygen atoms in total. The minimum atomic E-state index is -1.04. The molecule has 3 aliphatic carbocycles. The Labute approximate surface area is 321 Å². The van der Waals surface area contributed by atoms with E-state index in [1.807, 2.05) is 20.8 Å². The van der Waals surface area contributed by atoms with Gasteiger partial charge in [-0.15, -0.1) is 17.1 Å². The third-order valence-corrected chi connectivity index (χ3v) is 10.4. The molecule has 1 heterocycles. The number of carbonyl (C=O) groups excluding carboxylic acids is 4. The number of Topliss-reactive ketones (excluding diaryl/α,β-unsaturated/α-hetero) is 1. The predicted octanol–water partition coefficient (Wildman–Crippen LogP) is 8.85. The van der Waals surface area contributed by atoms with E-state index in [1.165, 1.54) is 45.3 Å². The number of halogens is 2. The highest BCUT2D eigenvalue weighted by molar-refractivity contribution is 6.64. The van der Waals surface area contributed by atoms with Crippen molar-refractivity contribution in [3.63, 3.8) is 0 Å². The van der Waals surface area contributed by atoms with Gasteiger partial charge < -0.3 is 19.8 Å². The molecule has 3 saturated carbocycles. The Hall–Kier alpha value is -2.95. The first kappa shape index (κ1) is 49.0. The number of methoxy groups -OCH3 is 2. The third kappa shape index (κ3) is 16.8. The summed E-state index contributed by atoms with van der Waals surface area (Å²) in [6.45, 7) is 11.3. The van der Waals surface area contributed by atoms with E-state index in [2.05, 4.69) is 16.4 Å². The lowest BCUT2D eigenvalue weighted by atomic mass is 9.71. The Kier molecular flexibility index (Phi) is 22.3. The first-order valence-corrected chi connectivity index (χ1v) is 18.6. The second-order valence-corrected chi connectivity index (χ2v) is 15.4. The van der Waals surface area contributed by atoms with Gasteiger partial charge in [-0.3, -0.25) is 14.4 Å². The van der Waals surface area contributed by atoms with E-state index in [9.17, 15) is 34.3 Å². The molecule has 0 amide bonds. The van der Waals surface area contributed by atoms with Crippen LogP contribution in [0.2, 0.25) is 0 Å². The average Bonchev–Trinajstić information content (AvgIpc) is 3.07. The molecule has 2 N–H and O–H groups in total. The van der Waals surface area contributed by atoms with Gasteiger partial charge in [-0.25, -0.2) is 9.59 Å². The number of esters is 2. The summed E-state index contributed by atoms with van der Waals surface area (Å²) in [6.07, 6.45) is 18.4. The van der Waals surface area contributed by atoms with Crippen molar-refractivity contribution >= 4 is 47.0 Å². The number of aromatic nitrogens is 1. The summed E-state index contributed by atoms with van der Waals surface area (Å²) in [4.78, 5) is 55.9. The van der Waals surface area contributed by atoms with Gasteiger partial charge in [0.15, 0.2) is 0 Å². The molecule has 0 atom stereocenters. The lowest BCUT2D eigenvalue weighted by Gasteiger charge is -2.32. The minimum Gasteiger partial charge on any atom is -0.466 e. The summed E-state index contributed by atoms with van der Waals surface area (Å²) >= 11 is 5.46. The first-order valence-electron chi connectivity index (χ1n) is 18.2. The molecular weight excluding hydrogens is 709 g/mol. The van der Waals surface area contributed by atoms with Crippen LogP contribution >= 0.6 is 24.0 Å². The van der Waals surface area contributed by atoms with Crippen LogP contribution in [0.25, 0.3) is 0 Å². The van der Waals surface area contributed by atoms with Gasteiger partial charge in [-0.2, -0.15) is 0 Å². The first-order chi connectivity index (χ1) is 23.8. The van der Waals surface area contributed by atoms with Crippen LogP contribution < -0.4 is 5.56 Å². The van der Waals surface area contributed by atoms with Crippen molar-refractivity contribution in [3.8, 4) is 0 Å². The van der Waals surface area contributed by atoms with E-state index in [4.69, 9.17) is 11.6 Å². The van der Waals surface area contributed by atoms with Crippen LogP contribution in [0.4, 0.5) is 0 Å². The van der Waals surface area contributed by atoms with Gasteiger partial charge in [0.05, 0.1) is 19.9 Å². The molecular formula is C40H63Cl2NO9. The number of nitrogens with zero attached hydrogens (tertiary/aromatic N) is 1. The number of pyridine rings is 1. The van der Waals surface area contributed by atoms with Crippen LogP contribution in [0.3, 0.4) is 0 Å². The van der Waals surface area contributed by atoms with E-state index >= 15 is 0 Å². The number of hydrogen-bond acceptors (Lipinski definition) is 9. The van der Waals surface area contributed by atoms with E-state index in [-0.39, 0.29) is 46.2 Å². The van der Waals surface area contributed by atoms with Crippen LogP contribution in [-0.4, -0.2) is 52.2 Å². The molecule has 3 fully saturated rings. The van der Waals surface area contributed by atoms with Crippen molar-refractivity contribution in [1.29, 1.82) is 0 Å². The lowest BCUT2D eigenvalue weighted by Crippen LogP contribution is -2.35. The van der Waals surface area contributed by atoms with Crippen LogP contribution in [-0.2, 0) is 34.3 Å².